The van der Waals surface area contributed by atoms with Gasteiger partial charge in [-0.05, 0) is 89.9 Å². The van der Waals surface area contributed by atoms with Crippen LogP contribution in [0.4, 0.5) is 0 Å². The molecule has 0 amide bonds. The highest BCUT2D eigenvalue weighted by molar-refractivity contribution is 5.71. The van der Waals surface area contributed by atoms with Crippen molar-refractivity contribution < 1.29 is 28.6 Å². The van der Waals surface area contributed by atoms with E-state index in [0.29, 0.717) is 19.3 Å². The average molecular weight is 1040 g/mol. The molecule has 0 fully saturated rings. The van der Waals surface area contributed by atoms with Gasteiger partial charge in [0.15, 0.2) is 6.10 Å². The summed E-state index contributed by atoms with van der Waals surface area (Å²) in [6.45, 7) is 6.51. The van der Waals surface area contributed by atoms with Crippen molar-refractivity contribution in [3.05, 3.63) is 109 Å². The number of carbonyl (C=O) groups excluding carboxylic acids is 3. The quantitative estimate of drug-likeness (QED) is 0.0261. The molecule has 0 saturated heterocycles. The van der Waals surface area contributed by atoms with Gasteiger partial charge in [0.1, 0.15) is 13.2 Å². The Balaban J connectivity index is 4.24. The van der Waals surface area contributed by atoms with Gasteiger partial charge >= 0.3 is 17.9 Å². The van der Waals surface area contributed by atoms with Crippen LogP contribution in [0.3, 0.4) is 0 Å². The monoisotopic (exact) mass is 1040 g/mol. The maximum absolute atomic E-state index is 12.8. The van der Waals surface area contributed by atoms with Gasteiger partial charge in [0.2, 0.25) is 0 Å². The minimum atomic E-state index is -0.783. The van der Waals surface area contributed by atoms with Crippen LogP contribution in [0.5, 0.6) is 0 Å². The highest BCUT2D eigenvalue weighted by atomic mass is 16.6. The first-order chi connectivity index (χ1) is 37.0. The molecule has 0 aromatic rings. The zero-order chi connectivity index (χ0) is 54.3. The molecular weight excluding hydrogens is 925 g/mol. The summed E-state index contributed by atoms with van der Waals surface area (Å²) in [7, 11) is 0. The second-order valence-corrected chi connectivity index (χ2v) is 20.6. The van der Waals surface area contributed by atoms with E-state index in [2.05, 4.69) is 130 Å². The van der Waals surface area contributed by atoms with E-state index in [1.165, 1.54) is 116 Å². The lowest BCUT2D eigenvalue weighted by atomic mass is 10.0. The first kappa shape index (κ1) is 71.1. The van der Waals surface area contributed by atoms with Gasteiger partial charge in [0.25, 0.3) is 0 Å². The first-order valence-corrected chi connectivity index (χ1v) is 31.4. The molecule has 1 unspecified atom stereocenters. The molecule has 0 rings (SSSR count). The number of unbranched alkanes of at least 4 members (excludes halogenated alkanes) is 27. The van der Waals surface area contributed by atoms with Crippen molar-refractivity contribution >= 4 is 17.9 Å². The van der Waals surface area contributed by atoms with Crippen LogP contribution in [0, 0.1) is 0 Å². The Labute approximate surface area is 463 Å². The molecule has 6 nitrogen and oxygen atoms in total. The Morgan fingerprint density at radius 3 is 0.813 bits per heavy atom. The average Bonchev–Trinajstić information content (AvgIpc) is 3.41. The molecule has 0 aliphatic carbocycles. The van der Waals surface area contributed by atoms with Gasteiger partial charge < -0.3 is 14.2 Å². The van der Waals surface area contributed by atoms with E-state index in [1.807, 2.05) is 0 Å². The fraction of sp³-hybridized carbons (Fsp3) is 0.696. The van der Waals surface area contributed by atoms with Gasteiger partial charge in [-0.2, -0.15) is 0 Å². The number of carbonyl (C=O) groups is 3. The Bertz CT molecular complexity index is 1520. The Hall–Kier alpha value is -3.93. The third kappa shape index (κ3) is 60.8. The van der Waals surface area contributed by atoms with Crippen molar-refractivity contribution in [1.82, 2.24) is 0 Å². The van der Waals surface area contributed by atoms with Gasteiger partial charge in [-0.1, -0.05) is 291 Å². The molecule has 0 saturated carbocycles. The number of rotatable bonds is 56. The van der Waals surface area contributed by atoms with E-state index in [1.54, 1.807) is 0 Å². The van der Waals surface area contributed by atoms with Gasteiger partial charge in [-0.15, -0.1) is 0 Å². The first-order valence-electron chi connectivity index (χ1n) is 31.4. The number of hydrogen-bond acceptors (Lipinski definition) is 6. The van der Waals surface area contributed by atoms with Crippen LogP contribution in [0.25, 0.3) is 0 Å². The third-order valence-corrected chi connectivity index (χ3v) is 13.3. The van der Waals surface area contributed by atoms with Crippen LogP contribution in [-0.2, 0) is 28.6 Å². The highest BCUT2D eigenvalue weighted by Crippen LogP contribution is 2.16. The molecule has 0 N–H and O–H groups in total. The largest absolute Gasteiger partial charge is 0.462 e. The molecule has 428 valence electrons. The standard InChI is InChI=1S/C69H116O6/c1-4-7-10-13-16-19-22-24-26-27-28-29-30-31-32-33-34-35-36-37-38-39-40-41-42-43-44-46-47-50-53-56-59-62-68(71)74-65-66(64-73-67(70)61-58-55-52-49-21-18-15-12-9-6-3)75-69(72)63-60-57-54-51-48-45-25-23-20-17-14-11-8-5-2/h7,10,16,19,24,26,28-29,31-32,34-35,37-38,40-41,43-44,66H,4-6,8-9,11-15,17-18,20-23,25,27,30,33,36,39,42,45-65H2,1-3H3/b10-7-,19-16-,26-24-,29-28-,32-31-,35-34-,38-37-,41-40-,44-43-. The summed E-state index contributed by atoms with van der Waals surface area (Å²) in [6, 6.07) is 0. The summed E-state index contributed by atoms with van der Waals surface area (Å²) in [5.41, 5.74) is 0. The highest BCUT2D eigenvalue weighted by Gasteiger charge is 2.19. The summed E-state index contributed by atoms with van der Waals surface area (Å²) in [5, 5.41) is 0. The zero-order valence-electron chi connectivity index (χ0n) is 49.0. The molecule has 0 aliphatic rings. The summed E-state index contributed by atoms with van der Waals surface area (Å²) >= 11 is 0. The molecule has 1 atom stereocenters. The number of esters is 3. The second-order valence-electron chi connectivity index (χ2n) is 20.6. The van der Waals surface area contributed by atoms with Crippen LogP contribution in [-0.4, -0.2) is 37.2 Å². The summed E-state index contributed by atoms with van der Waals surface area (Å²) in [6.07, 6.45) is 85.3. The molecule has 0 bridgehead atoms. The van der Waals surface area contributed by atoms with Gasteiger partial charge in [-0.3, -0.25) is 14.4 Å². The predicted octanol–water partition coefficient (Wildman–Crippen LogP) is 21.4. The normalized spacial score (nSPS) is 12.8. The van der Waals surface area contributed by atoms with Crippen LogP contribution < -0.4 is 0 Å². The van der Waals surface area contributed by atoms with Gasteiger partial charge in [-0.25, -0.2) is 0 Å². The van der Waals surface area contributed by atoms with Crippen molar-refractivity contribution in [2.75, 3.05) is 13.2 Å². The van der Waals surface area contributed by atoms with Crippen molar-refractivity contribution in [3.8, 4) is 0 Å². The lowest BCUT2D eigenvalue weighted by molar-refractivity contribution is -0.167. The third-order valence-electron chi connectivity index (χ3n) is 13.3. The number of ether oxygens (including phenoxy) is 3. The topological polar surface area (TPSA) is 78.9 Å². The second kappa shape index (κ2) is 62.6. The van der Waals surface area contributed by atoms with Crippen molar-refractivity contribution in [1.29, 1.82) is 0 Å². The maximum atomic E-state index is 12.8. The van der Waals surface area contributed by atoms with Crippen molar-refractivity contribution in [3.63, 3.8) is 0 Å². The SMILES string of the molecule is CC/C=C\C/C=C\C/C=C\C/C=C\C/C=C\C/C=C\C/C=C\C/C=C\C/C=C\CCCCCCCC(=O)OCC(COC(=O)CCCCCCCCCCCC)OC(=O)CCCCCCCCCCCCCCCC. The lowest BCUT2D eigenvalue weighted by Gasteiger charge is -2.18. The molecule has 0 spiro atoms. The van der Waals surface area contributed by atoms with E-state index in [9.17, 15) is 14.4 Å². The molecular formula is C69H116O6. The van der Waals surface area contributed by atoms with E-state index in [4.69, 9.17) is 14.2 Å². The van der Waals surface area contributed by atoms with Crippen molar-refractivity contribution in [2.24, 2.45) is 0 Å². The Morgan fingerprint density at radius 1 is 0.280 bits per heavy atom. The van der Waals surface area contributed by atoms with E-state index in [0.717, 1.165) is 135 Å². The number of hydrogen-bond donors (Lipinski definition) is 0. The van der Waals surface area contributed by atoms with E-state index in [-0.39, 0.29) is 31.1 Å². The molecule has 0 aliphatic heterocycles. The Kier molecular flexibility index (Phi) is 59.3. The predicted molar refractivity (Wildman–Crippen MR) is 325 cm³/mol. The molecule has 0 radical (unpaired) electrons. The van der Waals surface area contributed by atoms with Gasteiger partial charge in [0, 0.05) is 19.3 Å². The maximum Gasteiger partial charge on any atom is 0.306 e. The lowest BCUT2D eigenvalue weighted by Crippen LogP contribution is -2.30. The molecule has 0 aromatic carbocycles. The van der Waals surface area contributed by atoms with Crippen LogP contribution >= 0.6 is 0 Å². The molecule has 0 heterocycles. The number of allylic oxidation sites excluding steroid dienone is 18. The van der Waals surface area contributed by atoms with Gasteiger partial charge in [0.05, 0.1) is 0 Å². The Morgan fingerprint density at radius 2 is 0.520 bits per heavy atom. The van der Waals surface area contributed by atoms with Crippen molar-refractivity contribution in [2.45, 2.75) is 297 Å². The molecule has 75 heavy (non-hydrogen) atoms. The van der Waals surface area contributed by atoms with Crippen LogP contribution in [0.15, 0.2) is 109 Å². The van der Waals surface area contributed by atoms with E-state index >= 15 is 0 Å². The smallest absolute Gasteiger partial charge is 0.306 e. The van der Waals surface area contributed by atoms with Crippen LogP contribution in [0.2, 0.25) is 0 Å². The van der Waals surface area contributed by atoms with Crippen LogP contribution in [0.1, 0.15) is 290 Å². The summed E-state index contributed by atoms with van der Waals surface area (Å²) in [5.74, 6) is -0.895. The summed E-state index contributed by atoms with van der Waals surface area (Å²) in [4.78, 5) is 38.1. The molecule has 6 heteroatoms. The fourth-order valence-electron chi connectivity index (χ4n) is 8.61. The minimum absolute atomic E-state index is 0.0806. The zero-order valence-corrected chi connectivity index (χ0v) is 49.0. The van der Waals surface area contributed by atoms with E-state index < -0.39 is 6.10 Å². The molecule has 0 aromatic heterocycles. The summed E-state index contributed by atoms with van der Waals surface area (Å²) < 4.78 is 16.8. The fourth-order valence-corrected chi connectivity index (χ4v) is 8.61. The minimum Gasteiger partial charge on any atom is -0.462 e.